The summed E-state index contributed by atoms with van der Waals surface area (Å²) in [6, 6.07) is 0. The molecule has 1 heterocycles. The number of methoxy groups -OCH3 is 1. The fraction of sp³-hybridized carbons (Fsp3) is 1.00. The first-order chi connectivity index (χ1) is 8.35. The van der Waals surface area contributed by atoms with Gasteiger partial charge in [-0.1, -0.05) is 19.3 Å². The van der Waals surface area contributed by atoms with Crippen LogP contribution in [0.15, 0.2) is 0 Å². The van der Waals surface area contributed by atoms with Gasteiger partial charge >= 0.3 is 0 Å². The molecule has 1 N–H and O–H groups in total. The predicted molar refractivity (Wildman–Crippen MR) is 71.4 cm³/mol. The Morgan fingerprint density at radius 2 is 2.00 bits per heavy atom. The standard InChI is InChI=1S/C14H28N2O/c1-17-12-6-11-16-10-5-9-15-14(13-16)7-3-2-4-8-14/h15H,2-13H2,1H3. The van der Waals surface area contributed by atoms with Gasteiger partial charge in [-0.25, -0.2) is 0 Å². The van der Waals surface area contributed by atoms with Crippen molar-refractivity contribution in [3.63, 3.8) is 0 Å². The highest BCUT2D eigenvalue weighted by molar-refractivity contribution is 4.95. The monoisotopic (exact) mass is 240 g/mol. The van der Waals surface area contributed by atoms with Gasteiger partial charge in [0.05, 0.1) is 0 Å². The molecule has 2 aliphatic rings. The molecule has 1 saturated carbocycles. The van der Waals surface area contributed by atoms with Crippen LogP contribution in [0, 0.1) is 0 Å². The molecule has 0 unspecified atom stereocenters. The molecule has 3 heteroatoms. The molecule has 17 heavy (non-hydrogen) atoms. The SMILES string of the molecule is COCCCN1CCCNC2(CCCCC2)C1. The van der Waals surface area contributed by atoms with Crippen LogP contribution in [0.3, 0.4) is 0 Å². The van der Waals surface area contributed by atoms with Crippen molar-refractivity contribution in [3.05, 3.63) is 0 Å². The van der Waals surface area contributed by atoms with Crippen molar-refractivity contribution in [2.24, 2.45) is 0 Å². The third-order valence-corrected chi connectivity index (χ3v) is 4.31. The molecule has 0 radical (unpaired) electrons. The smallest absolute Gasteiger partial charge is 0.0474 e. The number of nitrogens with one attached hydrogen (secondary N) is 1. The van der Waals surface area contributed by atoms with E-state index in [1.807, 2.05) is 0 Å². The highest BCUT2D eigenvalue weighted by Crippen LogP contribution is 2.30. The molecular weight excluding hydrogens is 212 g/mol. The number of nitrogens with zero attached hydrogens (tertiary/aromatic N) is 1. The zero-order valence-electron chi connectivity index (χ0n) is 11.3. The lowest BCUT2D eigenvalue weighted by molar-refractivity contribution is 0.141. The maximum absolute atomic E-state index is 5.16. The normalized spacial score (nSPS) is 25.9. The predicted octanol–water partition coefficient (Wildman–Crippen LogP) is 2.02. The highest BCUT2D eigenvalue weighted by Gasteiger charge is 2.34. The van der Waals surface area contributed by atoms with Gasteiger partial charge in [-0.05, 0) is 38.8 Å². The number of ether oxygens (including phenoxy) is 1. The fourth-order valence-electron chi connectivity index (χ4n) is 3.41. The first-order valence-electron chi connectivity index (χ1n) is 7.31. The lowest BCUT2D eigenvalue weighted by Gasteiger charge is -2.40. The minimum Gasteiger partial charge on any atom is -0.385 e. The average molecular weight is 240 g/mol. The Morgan fingerprint density at radius 1 is 1.18 bits per heavy atom. The van der Waals surface area contributed by atoms with Crippen molar-refractivity contribution in [1.82, 2.24) is 10.2 Å². The maximum atomic E-state index is 5.16. The van der Waals surface area contributed by atoms with E-state index in [-0.39, 0.29) is 0 Å². The summed E-state index contributed by atoms with van der Waals surface area (Å²) in [6.45, 7) is 5.84. The maximum Gasteiger partial charge on any atom is 0.0474 e. The zero-order chi connectivity index (χ0) is 12.0. The van der Waals surface area contributed by atoms with E-state index in [4.69, 9.17) is 4.74 Å². The molecule has 0 bridgehead atoms. The summed E-state index contributed by atoms with van der Waals surface area (Å²) in [7, 11) is 1.80. The van der Waals surface area contributed by atoms with Crippen molar-refractivity contribution in [2.75, 3.05) is 39.9 Å². The molecule has 0 aromatic carbocycles. The second-order valence-electron chi connectivity index (χ2n) is 5.74. The molecule has 0 aromatic heterocycles. The third kappa shape index (κ3) is 3.94. The lowest BCUT2D eigenvalue weighted by Crippen LogP contribution is -2.52. The van der Waals surface area contributed by atoms with Gasteiger partial charge in [-0.2, -0.15) is 0 Å². The van der Waals surface area contributed by atoms with Gasteiger partial charge < -0.3 is 15.0 Å². The molecule has 1 spiro atoms. The van der Waals surface area contributed by atoms with Crippen LogP contribution in [0.2, 0.25) is 0 Å². The molecule has 0 aromatic rings. The molecule has 100 valence electrons. The van der Waals surface area contributed by atoms with E-state index in [0.29, 0.717) is 5.54 Å². The van der Waals surface area contributed by atoms with Gasteiger partial charge in [0.1, 0.15) is 0 Å². The lowest BCUT2D eigenvalue weighted by atomic mass is 9.81. The Hall–Kier alpha value is -0.120. The van der Waals surface area contributed by atoms with E-state index in [2.05, 4.69) is 10.2 Å². The highest BCUT2D eigenvalue weighted by atomic mass is 16.5. The summed E-state index contributed by atoms with van der Waals surface area (Å²) in [6.07, 6.45) is 9.51. The molecule has 2 fully saturated rings. The Labute approximate surface area is 106 Å². The summed E-state index contributed by atoms with van der Waals surface area (Å²) in [5.41, 5.74) is 0.446. The Kier molecular flexibility index (Phi) is 5.26. The van der Waals surface area contributed by atoms with Gasteiger partial charge in [-0.3, -0.25) is 0 Å². The largest absolute Gasteiger partial charge is 0.385 e. The summed E-state index contributed by atoms with van der Waals surface area (Å²) in [5, 5.41) is 3.84. The van der Waals surface area contributed by atoms with Crippen LogP contribution in [-0.2, 0) is 4.74 Å². The van der Waals surface area contributed by atoms with Crippen molar-refractivity contribution in [2.45, 2.75) is 50.5 Å². The van der Waals surface area contributed by atoms with E-state index in [9.17, 15) is 0 Å². The molecular formula is C14H28N2O. The van der Waals surface area contributed by atoms with Gasteiger partial charge in [0, 0.05) is 32.3 Å². The van der Waals surface area contributed by atoms with Crippen LogP contribution in [0.25, 0.3) is 0 Å². The summed E-state index contributed by atoms with van der Waals surface area (Å²) < 4.78 is 5.16. The Balaban J connectivity index is 1.85. The molecule has 1 aliphatic carbocycles. The number of rotatable bonds is 4. The molecule has 3 nitrogen and oxygen atoms in total. The van der Waals surface area contributed by atoms with Crippen LogP contribution in [0.5, 0.6) is 0 Å². The molecule has 0 atom stereocenters. The third-order valence-electron chi connectivity index (χ3n) is 4.31. The summed E-state index contributed by atoms with van der Waals surface area (Å²) >= 11 is 0. The van der Waals surface area contributed by atoms with Crippen LogP contribution >= 0.6 is 0 Å². The first kappa shape index (κ1) is 13.3. The van der Waals surface area contributed by atoms with Crippen molar-refractivity contribution in [3.8, 4) is 0 Å². The fourth-order valence-corrected chi connectivity index (χ4v) is 3.41. The van der Waals surface area contributed by atoms with Crippen LogP contribution in [0.1, 0.15) is 44.9 Å². The van der Waals surface area contributed by atoms with E-state index >= 15 is 0 Å². The summed E-state index contributed by atoms with van der Waals surface area (Å²) in [5.74, 6) is 0. The zero-order valence-corrected chi connectivity index (χ0v) is 11.3. The van der Waals surface area contributed by atoms with Gasteiger partial charge in [0.15, 0.2) is 0 Å². The van der Waals surface area contributed by atoms with E-state index < -0.39 is 0 Å². The average Bonchev–Trinajstić information content (AvgIpc) is 2.54. The van der Waals surface area contributed by atoms with Crippen molar-refractivity contribution >= 4 is 0 Å². The molecule has 1 saturated heterocycles. The van der Waals surface area contributed by atoms with Crippen molar-refractivity contribution in [1.29, 1.82) is 0 Å². The quantitative estimate of drug-likeness (QED) is 0.761. The second kappa shape index (κ2) is 6.72. The van der Waals surface area contributed by atoms with E-state index in [0.717, 1.165) is 6.61 Å². The summed E-state index contributed by atoms with van der Waals surface area (Å²) in [4.78, 5) is 2.66. The van der Waals surface area contributed by atoms with Gasteiger partial charge in [-0.15, -0.1) is 0 Å². The Bertz CT molecular complexity index is 214. The molecule has 0 amide bonds. The second-order valence-corrected chi connectivity index (χ2v) is 5.74. The number of hydrogen-bond donors (Lipinski definition) is 1. The number of hydrogen-bond acceptors (Lipinski definition) is 3. The van der Waals surface area contributed by atoms with Gasteiger partial charge in [0.2, 0.25) is 0 Å². The first-order valence-corrected chi connectivity index (χ1v) is 7.31. The molecule has 1 aliphatic heterocycles. The minimum absolute atomic E-state index is 0.446. The topological polar surface area (TPSA) is 24.5 Å². The minimum atomic E-state index is 0.446. The van der Waals surface area contributed by atoms with E-state index in [1.165, 1.54) is 71.1 Å². The van der Waals surface area contributed by atoms with Crippen LogP contribution in [0.4, 0.5) is 0 Å². The van der Waals surface area contributed by atoms with Crippen molar-refractivity contribution < 1.29 is 4.74 Å². The van der Waals surface area contributed by atoms with E-state index in [1.54, 1.807) is 7.11 Å². The molecule has 2 rings (SSSR count). The van der Waals surface area contributed by atoms with Crippen LogP contribution < -0.4 is 5.32 Å². The van der Waals surface area contributed by atoms with Gasteiger partial charge in [0.25, 0.3) is 0 Å². The Morgan fingerprint density at radius 3 is 2.76 bits per heavy atom. The van der Waals surface area contributed by atoms with Crippen LogP contribution in [-0.4, -0.2) is 50.3 Å².